The van der Waals surface area contributed by atoms with Gasteiger partial charge in [-0.1, -0.05) is 66.7 Å². The molecule has 0 fully saturated rings. The Kier molecular flexibility index (Phi) is 11.2. The molecule has 0 saturated heterocycles. The van der Waals surface area contributed by atoms with E-state index in [0.29, 0.717) is 12.4 Å². The molecular weight excluding hydrogens is 575 g/mol. The highest BCUT2D eigenvalue weighted by Crippen LogP contribution is 2.55. The van der Waals surface area contributed by atoms with Crippen LogP contribution in [0, 0.1) is 6.92 Å². The van der Waals surface area contributed by atoms with E-state index in [4.69, 9.17) is 14.2 Å². The third-order valence-electron chi connectivity index (χ3n) is 8.56. The number of hydrogen-bond acceptors (Lipinski definition) is 4. The molecule has 0 aliphatic heterocycles. The molecule has 0 aromatic heterocycles. The van der Waals surface area contributed by atoms with Gasteiger partial charge >= 0.3 is 0 Å². The fraction of sp³-hybridized carbons (Fsp3) is 0.250. The van der Waals surface area contributed by atoms with Gasteiger partial charge in [0.25, 0.3) is 0 Å². The van der Waals surface area contributed by atoms with Crippen molar-refractivity contribution in [3.63, 3.8) is 0 Å². The van der Waals surface area contributed by atoms with Crippen LogP contribution in [0.25, 0.3) is 0 Å². The fourth-order valence-corrected chi connectivity index (χ4v) is 10.7. The van der Waals surface area contributed by atoms with Crippen LogP contribution in [0.2, 0.25) is 0 Å². The Morgan fingerprint density at radius 2 is 1.16 bits per heavy atom. The maximum absolute atomic E-state index is 10.8. The minimum atomic E-state index is -1.84. The summed E-state index contributed by atoms with van der Waals surface area (Å²) in [5.41, 5.74) is 3.08. The molecule has 0 aliphatic rings. The zero-order chi connectivity index (χ0) is 31.5. The number of aromatic hydroxyl groups is 1. The van der Waals surface area contributed by atoms with Gasteiger partial charge in [-0.3, -0.25) is 0 Å². The van der Waals surface area contributed by atoms with Crippen molar-refractivity contribution in [1.82, 2.24) is 0 Å². The molecule has 0 atom stereocenters. The quantitative estimate of drug-likeness (QED) is 0.0952. The number of hydrogen-bond donors (Lipinski definition) is 1. The minimum absolute atomic E-state index is 0.285. The lowest BCUT2D eigenvalue weighted by molar-refractivity contribution is 0.307. The van der Waals surface area contributed by atoms with Crippen LogP contribution in [0.1, 0.15) is 36.0 Å². The molecule has 0 amide bonds. The van der Waals surface area contributed by atoms with Gasteiger partial charge < -0.3 is 19.3 Å². The lowest BCUT2D eigenvalue weighted by Crippen LogP contribution is -2.33. The molecule has 5 aromatic rings. The van der Waals surface area contributed by atoms with Crippen LogP contribution in [0.4, 0.5) is 0 Å². The molecule has 0 aliphatic carbocycles. The number of rotatable bonds is 15. The summed E-state index contributed by atoms with van der Waals surface area (Å²) in [5, 5.41) is 15.0. The van der Waals surface area contributed by atoms with Crippen LogP contribution in [0.15, 0.2) is 121 Å². The molecule has 45 heavy (non-hydrogen) atoms. The Balaban J connectivity index is 1.19. The summed E-state index contributed by atoms with van der Waals surface area (Å²) in [6.45, 7) is 2.62. The maximum Gasteiger partial charge on any atom is 0.128 e. The average molecular weight is 620 g/mol. The van der Waals surface area contributed by atoms with E-state index in [-0.39, 0.29) is 5.75 Å². The first-order valence-electron chi connectivity index (χ1n) is 15.8. The summed E-state index contributed by atoms with van der Waals surface area (Å²) in [7, 11) is 1.54. The normalized spacial score (nSPS) is 11.3. The highest BCUT2D eigenvalue weighted by atomic mass is 31.2. The summed E-state index contributed by atoms with van der Waals surface area (Å²) in [6, 6.07) is 42.8. The molecule has 0 spiro atoms. The lowest BCUT2D eigenvalue weighted by atomic mass is 10.0. The van der Waals surface area contributed by atoms with Crippen molar-refractivity contribution >= 4 is 23.2 Å². The van der Waals surface area contributed by atoms with E-state index in [0.717, 1.165) is 66.5 Å². The second kappa shape index (κ2) is 15.6. The number of ether oxygens (including phenoxy) is 3. The smallest absolute Gasteiger partial charge is 0.128 e. The number of phenols is 1. The molecule has 5 rings (SSSR count). The molecule has 0 saturated carbocycles. The standard InChI is InChI=1S/C40H43O4P/c1-31-39(42-2)27-25-33(40(31)43-3)17-15-16-32-24-26-34(30-38(32)41)44-28-13-14-29-45(35-18-7-4-8-19-35,36-20-9-5-10-21-36)37-22-11-6-12-23-37/h4-12,18-27,30H,13-17,28-29H2,1-3H3/p+1. The monoisotopic (exact) mass is 619 g/mol. The van der Waals surface area contributed by atoms with Gasteiger partial charge in [-0.15, -0.1) is 0 Å². The molecule has 5 aromatic carbocycles. The SMILES string of the molecule is COc1ccc(CCCc2ccc(OCCCC[P+](c3ccccc3)(c3ccccc3)c3ccccc3)cc2O)c(OC)c1C. The Bertz CT molecular complexity index is 1540. The summed E-state index contributed by atoms with van der Waals surface area (Å²) < 4.78 is 17.2. The van der Waals surface area contributed by atoms with E-state index in [9.17, 15) is 5.11 Å². The maximum atomic E-state index is 10.8. The zero-order valence-corrected chi connectivity index (χ0v) is 27.5. The Morgan fingerprint density at radius 3 is 1.69 bits per heavy atom. The van der Waals surface area contributed by atoms with Crippen molar-refractivity contribution in [2.24, 2.45) is 0 Å². The van der Waals surface area contributed by atoms with E-state index in [1.807, 2.05) is 25.1 Å². The molecule has 0 bridgehead atoms. The van der Waals surface area contributed by atoms with Gasteiger partial charge in [-0.2, -0.15) is 0 Å². The molecule has 0 heterocycles. The molecular formula is C40H44O4P+. The summed E-state index contributed by atoms with van der Waals surface area (Å²) >= 11 is 0. The minimum Gasteiger partial charge on any atom is -0.508 e. The van der Waals surface area contributed by atoms with Crippen molar-refractivity contribution in [1.29, 1.82) is 0 Å². The number of unbranched alkanes of at least 4 members (excludes halogenated alkanes) is 1. The van der Waals surface area contributed by atoms with Crippen LogP contribution < -0.4 is 30.1 Å². The van der Waals surface area contributed by atoms with Crippen molar-refractivity contribution < 1.29 is 19.3 Å². The van der Waals surface area contributed by atoms with E-state index in [1.54, 1.807) is 20.3 Å². The number of aryl methyl sites for hydroxylation is 2. The van der Waals surface area contributed by atoms with Crippen LogP contribution in [-0.4, -0.2) is 32.1 Å². The fourth-order valence-electron chi connectivity index (χ4n) is 6.27. The van der Waals surface area contributed by atoms with Crippen LogP contribution >= 0.6 is 7.26 Å². The van der Waals surface area contributed by atoms with Gasteiger partial charge in [0.15, 0.2) is 0 Å². The Morgan fingerprint density at radius 1 is 0.600 bits per heavy atom. The summed E-state index contributed by atoms with van der Waals surface area (Å²) in [5.74, 6) is 2.69. The molecule has 232 valence electrons. The molecule has 1 N–H and O–H groups in total. The zero-order valence-electron chi connectivity index (χ0n) is 26.6. The predicted octanol–water partition coefficient (Wildman–Crippen LogP) is 8.05. The summed E-state index contributed by atoms with van der Waals surface area (Å²) in [6.07, 6.45) is 5.54. The largest absolute Gasteiger partial charge is 0.508 e. The van der Waals surface area contributed by atoms with Crippen LogP contribution in [0.5, 0.6) is 23.0 Å². The lowest BCUT2D eigenvalue weighted by Gasteiger charge is -2.27. The van der Waals surface area contributed by atoms with Crippen LogP contribution in [-0.2, 0) is 12.8 Å². The molecule has 0 unspecified atom stereocenters. The van der Waals surface area contributed by atoms with E-state index >= 15 is 0 Å². The van der Waals surface area contributed by atoms with Gasteiger partial charge in [-0.25, -0.2) is 0 Å². The van der Waals surface area contributed by atoms with Gasteiger partial charge in [0.1, 0.15) is 46.2 Å². The van der Waals surface area contributed by atoms with Gasteiger partial charge in [0.05, 0.1) is 27.0 Å². The first-order chi connectivity index (χ1) is 22.1. The predicted molar refractivity (Wildman–Crippen MR) is 189 cm³/mol. The van der Waals surface area contributed by atoms with Crippen molar-refractivity contribution in [2.45, 2.75) is 39.0 Å². The number of benzene rings is 5. The highest BCUT2D eigenvalue weighted by molar-refractivity contribution is 7.95. The Hall–Kier alpha value is -4.27. The van der Waals surface area contributed by atoms with Crippen molar-refractivity contribution in [2.75, 3.05) is 27.0 Å². The molecule has 0 radical (unpaired) electrons. The van der Waals surface area contributed by atoms with Crippen LogP contribution in [0.3, 0.4) is 0 Å². The van der Waals surface area contributed by atoms with Gasteiger partial charge in [0, 0.05) is 11.6 Å². The third-order valence-corrected chi connectivity index (χ3v) is 13.1. The highest BCUT2D eigenvalue weighted by Gasteiger charge is 2.44. The average Bonchev–Trinajstić information content (AvgIpc) is 3.09. The molecule has 5 heteroatoms. The third kappa shape index (κ3) is 7.52. The van der Waals surface area contributed by atoms with Crippen molar-refractivity contribution in [3.05, 3.63) is 138 Å². The topological polar surface area (TPSA) is 47.9 Å². The van der Waals surface area contributed by atoms with Crippen molar-refractivity contribution in [3.8, 4) is 23.0 Å². The number of methoxy groups -OCH3 is 2. The first kappa shape index (κ1) is 32.1. The van der Waals surface area contributed by atoms with E-state index < -0.39 is 7.26 Å². The van der Waals surface area contributed by atoms with Gasteiger partial charge in [-0.05, 0) is 98.7 Å². The second-order valence-corrected chi connectivity index (χ2v) is 14.9. The number of phenolic OH excluding ortho intramolecular Hbond substituents is 1. The second-order valence-electron chi connectivity index (χ2n) is 11.3. The summed E-state index contributed by atoms with van der Waals surface area (Å²) in [4.78, 5) is 0. The molecule has 4 nitrogen and oxygen atoms in total. The van der Waals surface area contributed by atoms with E-state index in [2.05, 4.69) is 97.1 Å². The van der Waals surface area contributed by atoms with Gasteiger partial charge in [0.2, 0.25) is 0 Å². The Labute approximate surface area is 269 Å². The first-order valence-corrected chi connectivity index (χ1v) is 17.7. The van der Waals surface area contributed by atoms with E-state index in [1.165, 1.54) is 15.9 Å².